The second kappa shape index (κ2) is 7.21. The van der Waals surface area contributed by atoms with Crippen molar-refractivity contribution in [3.05, 3.63) is 77.9 Å². The van der Waals surface area contributed by atoms with Crippen LogP contribution in [-0.4, -0.2) is 15.1 Å². The minimum Gasteiger partial charge on any atom is -0.338 e. The van der Waals surface area contributed by atoms with Crippen LogP contribution in [0.5, 0.6) is 0 Å². The van der Waals surface area contributed by atoms with Crippen molar-refractivity contribution in [2.75, 3.05) is 10.6 Å². The number of benzene rings is 3. The third-order valence-corrected chi connectivity index (χ3v) is 4.64. The van der Waals surface area contributed by atoms with Crippen LogP contribution >= 0.6 is 12.2 Å². The quantitative estimate of drug-likeness (QED) is 0.406. The van der Waals surface area contributed by atoms with Crippen molar-refractivity contribution in [3.8, 4) is 11.4 Å². The highest BCUT2D eigenvalue weighted by Crippen LogP contribution is 2.22. The number of para-hydroxylation sites is 2. The Morgan fingerprint density at radius 2 is 1.70 bits per heavy atom. The largest absolute Gasteiger partial charge is 0.338 e. The number of thiocarbonyl (C=S) groups is 1. The van der Waals surface area contributed by atoms with Crippen LogP contribution in [0.25, 0.3) is 22.4 Å². The Bertz CT molecular complexity index is 1080. The van der Waals surface area contributed by atoms with Gasteiger partial charge in [-0.15, -0.1) is 0 Å². The second-order valence-corrected chi connectivity index (χ2v) is 6.99. The standard InChI is InChI=1S/C22H20N4S/c1-14-7-12-18(15(2)13-14)26-22(27)23-17-10-8-16(9-11-17)21-24-19-5-3-4-6-20(19)25-21/h3-13H,1-2H3,(H,24,25)(H2,23,26,27). The topological polar surface area (TPSA) is 52.7 Å². The molecule has 27 heavy (non-hydrogen) atoms. The average molecular weight is 372 g/mol. The fourth-order valence-electron chi connectivity index (χ4n) is 3.04. The molecule has 0 aliphatic rings. The van der Waals surface area contributed by atoms with Gasteiger partial charge in [0.15, 0.2) is 5.11 Å². The van der Waals surface area contributed by atoms with Gasteiger partial charge in [0.25, 0.3) is 0 Å². The molecule has 0 unspecified atom stereocenters. The van der Waals surface area contributed by atoms with Crippen LogP contribution in [0.1, 0.15) is 11.1 Å². The van der Waals surface area contributed by atoms with E-state index >= 15 is 0 Å². The number of anilines is 2. The second-order valence-electron chi connectivity index (χ2n) is 6.58. The van der Waals surface area contributed by atoms with Crippen LogP contribution in [0, 0.1) is 13.8 Å². The Morgan fingerprint density at radius 1 is 0.926 bits per heavy atom. The molecule has 5 heteroatoms. The lowest BCUT2D eigenvalue weighted by Crippen LogP contribution is -2.19. The van der Waals surface area contributed by atoms with Gasteiger partial charge in [-0.05, 0) is 74.1 Å². The average Bonchev–Trinajstić information content (AvgIpc) is 3.09. The van der Waals surface area contributed by atoms with Crippen LogP contribution < -0.4 is 10.6 Å². The maximum Gasteiger partial charge on any atom is 0.175 e. The highest BCUT2D eigenvalue weighted by Gasteiger charge is 2.06. The first kappa shape index (κ1) is 17.2. The monoisotopic (exact) mass is 372 g/mol. The molecule has 1 heterocycles. The number of hydrogen-bond acceptors (Lipinski definition) is 2. The molecule has 0 amide bonds. The van der Waals surface area contributed by atoms with Gasteiger partial charge < -0.3 is 15.6 Å². The van der Waals surface area contributed by atoms with E-state index in [-0.39, 0.29) is 0 Å². The summed E-state index contributed by atoms with van der Waals surface area (Å²) in [6.45, 7) is 4.15. The van der Waals surface area contributed by atoms with E-state index in [1.807, 2.05) is 54.6 Å². The van der Waals surface area contributed by atoms with Gasteiger partial charge in [-0.25, -0.2) is 4.98 Å². The number of aromatic nitrogens is 2. The molecule has 0 radical (unpaired) electrons. The SMILES string of the molecule is Cc1ccc(NC(=S)Nc2ccc(-c3nc4ccccc4[nH]3)cc2)c(C)c1. The van der Waals surface area contributed by atoms with Crippen molar-refractivity contribution in [1.29, 1.82) is 0 Å². The van der Waals surface area contributed by atoms with Crippen LogP contribution in [0.15, 0.2) is 66.7 Å². The van der Waals surface area contributed by atoms with E-state index in [0.717, 1.165) is 33.8 Å². The summed E-state index contributed by atoms with van der Waals surface area (Å²) in [5.74, 6) is 0.860. The Morgan fingerprint density at radius 3 is 2.44 bits per heavy atom. The lowest BCUT2D eigenvalue weighted by atomic mass is 10.1. The summed E-state index contributed by atoms with van der Waals surface area (Å²) >= 11 is 5.44. The molecule has 0 atom stereocenters. The first-order valence-corrected chi connectivity index (χ1v) is 9.20. The van der Waals surface area contributed by atoms with E-state index in [1.165, 1.54) is 11.1 Å². The number of nitrogens with zero attached hydrogens (tertiary/aromatic N) is 1. The molecule has 0 fully saturated rings. The van der Waals surface area contributed by atoms with Crippen molar-refractivity contribution < 1.29 is 0 Å². The Labute approximate surface area is 163 Å². The summed E-state index contributed by atoms with van der Waals surface area (Å²) in [6, 6.07) is 22.3. The number of aryl methyl sites for hydroxylation is 2. The molecule has 4 nitrogen and oxygen atoms in total. The van der Waals surface area contributed by atoms with Gasteiger partial charge in [0.1, 0.15) is 5.82 Å². The highest BCUT2D eigenvalue weighted by atomic mass is 32.1. The van der Waals surface area contributed by atoms with E-state index in [9.17, 15) is 0 Å². The number of aromatic amines is 1. The molecular formula is C22H20N4S. The van der Waals surface area contributed by atoms with Crippen molar-refractivity contribution >= 4 is 39.7 Å². The molecule has 134 valence electrons. The summed E-state index contributed by atoms with van der Waals surface area (Å²) in [5, 5.41) is 7.05. The first-order chi connectivity index (χ1) is 13.1. The van der Waals surface area contributed by atoms with Crippen molar-refractivity contribution in [2.24, 2.45) is 0 Å². The van der Waals surface area contributed by atoms with Gasteiger partial charge in [0.2, 0.25) is 0 Å². The summed E-state index contributed by atoms with van der Waals surface area (Å²) in [6.07, 6.45) is 0. The normalized spacial score (nSPS) is 10.7. The van der Waals surface area contributed by atoms with Crippen molar-refractivity contribution in [2.45, 2.75) is 13.8 Å². The fraction of sp³-hybridized carbons (Fsp3) is 0.0909. The van der Waals surface area contributed by atoms with Gasteiger partial charge in [0, 0.05) is 16.9 Å². The Kier molecular flexibility index (Phi) is 4.60. The van der Waals surface area contributed by atoms with Crippen molar-refractivity contribution in [3.63, 3.8) is 0 Å². The van der Waals surface area contributed by atoms with Gasteiger partial charge in [0.05, 0.1) is 11.0 Å². The maximum absolute atomic E-state index is 5.44. The predicted molar refractivity (Wildman–Crippen MR) is 117 cm³/mol. The molecule has 4 rings (SSSR count). The molecule has 0 bridgehead atoms. The zero-order chi connectivity index (χ0) is 18.8. The minimum absolute atomic E-state index is 0.568. The maximum atomic E-state index is 5.44. The molecule has 0 aliphatic carbocycles. The van der Waals surface area contributed by atoms with Crippen LogP contribution in [-0.2, 0) is 0 Å². The third-order valence-electron chi connectivity index (χ3n) is 4.44. The van der Waals surface area contributed by atoms with E-state index in [0.29, 0.717) is 5.11 Å². The zero-order valence-electron chi connectivity index (χ0n) is 15.2. The molecule has 0 aliphatic heterocycles. The molecule has 3 aromatic carbocycles. The smallest absolute Gasteiger partial charge is 0.175 e. The van der Waals surface area contributed by atoms with E-state index in [2.05, 4.69) is 46.6 Å². The third kappa shape index (κ3) is 3.83. The van der Waals surface area contributed by atoms with E-state index in [1.54, 1.807) is 0 Å². The number of fused-ring (bicyclic) bond motifs is 1. The molecule has 4 aromatic rings. The first-order valence-electron chi connectivity index (χ1n) is 8.79. The minimum atomic E-state index is 0.568. The number of H-pyrrole nitrogens is 1. The lowest BCUT2D eigenvalue weighted by molar-refractivity contribution is 1.34. The summed E-state index contributed by atoms with van der Waals surface area (Å²) in [7, 11) is 0. The van der Waals surface area contributed by atoms with Gasteiger partial charge in [-0.3, -0.25) is 0 Å². The van der Waals surface area contributed by atoms with Gasteiger partial charge >= 0.3 is 0 Å². The summed E-state index contributed by atoms with van der Waals surface area (Å²) in [5.41, 5.74) is 7.37. The molecular weight excluding hydrogens is 352 g/mol. The van der Waals surface area contributed by atoms with Crippen molar-refractivity contribution in [1.82, 2.24) is 9.97 Å². The van der Waals surface area contributed by atoms with Gasteiger partial charge in [-0.1, -0.05) is 29.8 Å². The van der Waals surface area contributed by atoms with E-state index < -0.39 is 0 Å². The highest BCUT2D eigenvalue weighted by molar-refractivity contribution is 7.80. The molecule has 0 spiro atoms. The fourth-order valence-corrected chi connectivity index (χ4v) is 3.27. The van der Waals surface area contributed by atoms with Crippen LogP contribution in [0.2, 0.25) is 0 Å². The zero-order valence-corrected chi connectivity index (χ0v) is 16.0. The number of imidazole rings is 1. The molecule has 1 aromatic heterocycles. The predicted octanol–water partition coefficient (Wildman–Crippen LogP) is 5.66. The lowest BCUT2D eigenvalue weighted by Gasteiger charge is -2.13. The molecule has 0 saturated heterocycles. The van der Waals surface area contributed by atoms with Crippen LogP contribution in [0.3, 0.4) is 0 Å². The van der Waals surface area contributed by atoms with E-state index in [4.69, 9.17) is 12.2 Å². The number of nitrogens with one attached hydrogen (secondary N) is 3. The number of hydrogen-bond donors (Lipinski definition) is 3. The molecule has 0 saturated carbocycles. The summed E-state index contributed by atoms with van der Waals surface area (Å²) in [4.78, 5) is 7.98. The Hall–Kier alpha value is -3.18. The van der Waals surface area contributed by atoms with Gasteiger partial charge in [-0.2, -0.15) is 0 Å². The number of rotatable bonds is 3. The Balaban J connectivity index is 1.46. The summed E-state index contributed by atoms with van der Waals surface area (Å²) < 4.78 is 0. The molecule has 3 N–H and O–H groups in total. The van der Waals surface area contributed by atoms with Crippen LogP contribution in [0.4, 0.5) is 11.4 Å².